The maximum absolute atomic E-state index is 11.3. The molecule has 1 aromatic heterocycles. The van der Waals surface area contributed by atoms with Crippen LogP contribution < -0.4 is 16.6 Å². The molecule has 0 saturated heterocycles. The Kier molecular flexibility index (Phi) is 2.50. The SMILES string of the molecule is CNc1cc(C)[nH]c(=O)c1CN. The third-order valence-electron chi connectivity index (χ3n) is 1.74. The molecule has 4 heteroatoms. The molecule has 0 bridgehead atoms. The highest BCUT2D eigenvalue weighted by molar-refractivity contribution is 5.50. The van der Waals surface area contributed by atoms with Gasteiger partial charge in [-0.2, -0.15) is 0 Å². The van der Waals surface area contributed by atoms with Crippen molar-refractivity contribution in [3.05, 3.63) is 27.7 Å². The summed E-state index contributed by atoms with van der Waals surface area (Å²) in [5, 5.41) is 2.93. The third kappa shape index (κ3) is 1.48. The van der Waals surface area contributed by atoms with Crippen molar-refractivity contribution in [3.8, 4) is 0 Å². The number of H-pyrrole nitrogens is 1. The first-order valence-corrected chi connectivity index (χ1v) is 3.79. The van der Waals surface area contributed by atoms with E-state index in [0.29, 0.717) is 5.56 Å². The maximum Gasteiger partial charge on any atom is 0.254 e. The molecule has 0 aliphatic rings. The van der Waals surface area contributed by atoms with E-state index in [0.717, 1.165) is 11.4 Å². The van der Waals surface area contributed by atoms with Crippen molar-refractivity contribution in [2.75, 3.05) is 12.4 Å². The van der Waals surface area contributed by atoms with Gasteiger partial charge in [-0.1, -0.05) is 0 Å². The molecule has 0 aliphatic carbocycles. The summed E-state index contributed by atoms with van der Waals surface area (Å²) in [6.07, 6.45) is 0. The molecule has 0 amide bonds. The van der Waals surface area contributed by atoms with E-state index >= 15 is 0 Å². The Hall–Kier alpha value is -1.29. The van der Waals surface area contributed by atoms with Crippen LogP contribution in [-0.2, 0) is 6.54 Å². The molecule has 0 aliphatic heterocycles. The molecule has 1 rings (SSSR count). The lowest BCUT2D eigenvalue weighted by atomic mass is 10.2. The molecule has 1 aromatic rings. The van der Waals surface area contributed by atoms with Gasteiger partial charge < -0.3 is 16.0 Å². The van der Waals surface area contributed by atoms with Gasteiger partial charge in [-0.05, 0) is 13.0 Å². The van der Waals surface area contributed by atoms with Gasteiger partial charge in [-0.15, -0.1) is 0 Å². The summed E-state index contributed by atoms with van der Waals surface area (Å²) in [7, 11) is 1.77. The highest BCUT2D eigenvalue weighted by atomic mass is 16.1. The molecule has 0 atom stereocenters. The van der Waals surface area contributed by atoms with E-state index in [-0.39, 0.29) is 12.1 Å². The predicted molar refractivity (Wildman–Crippen MR) is 49.2 cm³/mol. The summed E-state index contributed by atoms with van der Waals surface area (Å²) in [5.74, 6) is 0. The Bertz CT molecular complexity index is 330. The molecule has 0 aromatic carbocycles. The topological polar surface area (TPSA) is 70.9 Å². The summed E-state index contributed by atoms with van der Waals surface area (Å²) in [5.41, 5.74) is 7.55. The second-order valence-corrected chi connectivity index (χ2v) is 2.63. The number of rotatable bonds is 2. The van der Waals surface area contributed by atoms with Crippen molar-refractivity contribution >= 4 is 5.69 Å². The summed E-state index contributed by atoms with van der Waals surface area (Å²) in [6.45, 7) is 2.09. The van der Waals surface area contributed by atoms with Gasteiger partial charge in [0.2, 0.25) is 0 Å². The van der Waals surface area contributed by atoms with Crippen LogP contribution in [-0.4, -0.2) is 12.0 Å². The Labute approximate surface area is 70.8 Å². The van der Waals surface area contributed by atoms with E-state index in [2.05, 4.69) is 10.3 Å². The van der Waals surface area contributed by atoms with E-state index < -0.39 is 0 Å². The summed E-state index contributed by atoms with van der Waals surface area (Å²) in [6, 6.07) is 1.86. The van der Waals surface area contributed by atoms with Crippen molar-refractivity contribution in [2.45, 2.75) is 13.5 Å². The largest absolute Gasteiger partial charge is 0.388 e. The van der Waals surface area contributed by atoms with E-state index in [1.165, 1.54) is 0 Å². The molecule has 4 nitrogen and oxygen atoms in total. The monoisotopic (exact) mass is 167 g/mol. The van der Waals surface area contributed by atoms with E-state index in [9.17, 15) is 4.79 Å². The molecular weight excluding hydrogens is 154 g/mol. The van der Waals surface area contributed by atoms with Gasteiger partial charge in [0.15, 0.2) is 0 Å². The normalized spacial score (nSPS) is 9.92. The Morgan fingerprint density at radius 2 is 2.33 bits per heavy atom. The first kappa shape index (κ1) is 8.80. The molecule has 0 radical (unpaired) electrons. The quantitative estimate of drug-likeness (QED) is 0.588. The average Bonchev–Trinajstić information content (AvgIpc) is 2.03. The molecule has 66 valence electrons. The van der Waals surface area contributed by atoms with Crippen molar-refractivity contribution < 1.29 is 0 Å². The van der Waals surface area contributed by atoms with Crippen LogP contribution in [0, 0.1) is 6.92 Å². The van der Waals surface area contributed by atoms with Crippen LogP contribution in [0.3, 0.4) is 0 Å². The van der Waals surface area contributed by atoms with Gasteiger partial charge in [-0.25, -0.2) is 0 Å². The minimum absolute atomic E-state index is 0.109. The van der Waals surface area contributed by atoms with E-state index in [1.54, 1.807) is 7.05 Å². The van der Waals surface area contributed by atoms with Crippen LogP contribution in [0.2, 0.25) is 0 Å². The number of nitrogens with one attached hydrogen (secondary N) is 2. The van der Waals surface area contributed by atoms with Crippen LogP contribution in [0.4, 0.5) is 5.69 Å². The van der Waals surface area contributed by atoms with Crippen molar-refractivity contribution in [3.63, 3.8) is 0 Å². The fraction of sp³-hybridized carbons (Fsp3) is 0.375. The molecule has 1 heterocycles. The number of aryl methyl sites for hydroxylation is 1. The van der Waals surface area contributed by atoms with Gasteiger partial charge in [0.25, 0.3) is 5.56 Å². The molecule has 0 unspecified atom stereocenters. The van der Waals surface area contributed by atoms with Crippen molar-refractivity contribution in [1.29, 1.82) is 0 Å². The lowest BCUT2D eigenvalue weighted by Crippen LogP contribution is -2.19. The summed E-state index contributed by atoms with van der Waals surface area (Å²) in [4.78, 5) is 14.0. The van der Waals surface area contributed by atoms with Gasteiger partial charge in [0.1, 0.15) is 0 Å². The number of aromatic nitrogens is 1. The standard InChI is InChI=1S/C8H13N3O/c1-5-3-7(10-2)6(4-9)8(12)11-5/h3H,4,9H2,1-2H3,(H2,10,11,12). The number of pyridine rings is 1. The van der Waals surface area contributed by atoms with Crippen molar-refractivity contribution in [1.82, 2.24) is 4.98 Å². The van der Waals surface area contributed by atoms with Crippen LogP contribution in [0.5, 0.6) is 0 Å². The summed E-state index contributed by atoms with van der Waals surface area (Å²) < 4.78 is 0. The number of hydrogen-bond acceptors (Lipinski definition) is 3. The molecule has 0 saturated carbocycles. The van der Waals surface area contributed by atoms with Gasteiger partial charge in [0.05, 0.1) is 5.56 Å². The number of anilines is 1. The van der Waals surface area contributed by atoms with E-state index in [4.69, 9.17) is 5.73 Å². The average molecular weight is 167 g/mol. The highest BCUT2D eigenvalue weighted by Gasteiger charge is 2.03. The van der Waals surface area contributed by atoms with Crippen LogP contribution in [0.25, 0.3) is 0 Å². The summed E-state index contributed by atoms with van der Waals surface area (Å²) >= 11 is 0. The number of aromatic amines is 1. The third-order valence-corrected chi connectivity index (χ3v) is 1.74. The zero-order valence-electron chi connectivity index (χ0n) is 7.27. The number of nitrogens with two attached hydrogens (primary N) is 1. The molecular formula is C8H13N3O. The molecule has 0 spiro atoms. The number of hydrogen-bond donors (Lipinski definition) is 3. The second-order valence-electron chi connectivity index (χ2n) is 2.63. The maximum atomic E-state index is 11.3. The first-order chi connectivity index (χ1) is 5.69. The fourth-order valence-corrected chi connectivity index (χ4v) is 1.14. The predicted octanol–water partition coefficient (Wildman–Crippen LogP) is 0.184. The van der Waals surface area contributed by atoms with Crippen LogP contribution in [0.1, 0.15) is 11.3 Å². The van der Waals surface area contributed by atoms with Crippen molar-refractivity contribution in [2.24, 2.45) is 5.73 Å². The Morgan fingerprint density at radius 1 is 1.67 bits per heavy atom. The molecule has 0 fully saturated rings. The second kappa shape index (κ2) is 3.40. The van der Waals surface area contributed by atoms with Gasteiger partial charge >= 0.3 is 0 Å². The zero-order valence-corrected chi connectivity index (χ0v) is 7.27. The van der Waals surface area contributed by atoms with Crippen LogP contribution >= 0.6 is 0 Å². The van der Waals surface area contributed by atoms with Gasteiger partial charge in [0, 0.05) is 25.0 Å². The minimum atomic E-state index is -0.109. The molecule has 12 heavy (non-hydrogen) atoms. The minimum Gasteiger partial charge on any atom is -0.388 e. The smallest absolute Gasteiger partial charge is 0.254 e. The van der Waals surface area contributed by atoms with E-state index in [1.807, 2.05) is 13.0 Å². The first-order valence-electron chi connectivity index (χ1n) is 3.79. The fourth-order valence-electron chi connectivity index (χ4n) is 1.14. The highest BCUT2D eigenvalue weighted by Crippen LogP contribution is 2.09. The lowest BCUT2D eigenvalue weighted by Gasteiger charge is -2.06. The zero-order chi connectivity index (χ0) is 9.14. The van der Waals surface area contributed by atoms with Gasteiger partial charge in [-0.3, -0.25) is 4.79 Å². The lowest BCUT2D eigenvalue weighted by molar-refractivity contribution is 0.998. The Morgan fingerprint density at radius 3 is 2.83 bits per heavy atom. The van der Waals surface area contributed by atoms with Crippen LogP contribution in [0.15, 0.2) is 10.9 Å². The Balaban J connectivity index is 3.34. The molecule has 4 N–H and O–H groups in total.